The maximum atomic E-state index is 4.87. The third-order valence-corrected chi connectivity index (χ3v) is 10.4. The highest BCUT2D eigenvalue weighted by molar-refractivity contribution is 7.32. The quantitative estimate of drug-likeness (QED) is 0.186. The van der Waals surface area contributed by atoms with Crippen LogP contribution in [-0.2, 0) is 0 Å². The number of thiophene rings is 3. The Bertz CT molecular complexity index is 1710. The third-order valence-electron chi connectivity index (χ3n) is 7.22. The summed E-state index contributed by atoms with van der Waals surface area (Å²) in [7, 11) is 0. The average molecular weight is 563 g/mol. The van der Waals surface area contributed by atoms with Gasteiger partial charge < -0.3 is 4.48 Å². The van der Waals surface area contributed by atoms with Gasteiger partial charge in [0, 0.05) is 52.2 Å². The Balaban J connectivity index is 1.71. The number of hydrogen-bond acceptors (Lipinski definition) is 4. The molecule has 0 atom stereocenters. The van der Waals surface area contributed by atoms with Crippen LogP contribution in [0.25, 0.3) is 16.1 Å². The van der Waals surface area contributed by atoms with Crippen molar-refractivity contribution in [1.82, 2.24) is 4.48 Å². The number of nitrogens with zero attached hydrogens (tertiary/aromatic N) is 2. The second-order valence-electron chi connectivity index (χ2n) is 10.4. The van der Waals surface area contributed by atoms with Crippen molar-refractivity contribution in [2.45, 2.75) is 41.5 Å². The molecule has 5 aromatic rings. The lowest BCUT2D eigenvalue weighted by molar-refractivity contribution is 1.17. The standard InChI is InChI=1S/C33H31BN2S3/c1-20-18-21(2)32(22(3)19-20)33(26-8-7-17-35-26)28-13-12-27(29-14-9-23(4)37-29)36(28)34(30-15-10-24(5)38-30)31-16-11-25(6)39-31/h7-19H,1-6H3/b33-26-. The molecule has 1 aliphatic heterocycles. The fraction of sp³-hybridized carbons (Fsp3) is 0.182. The van der Waals surface area contributed by atoms with Gasteiger partial charge in [-0.05, 0) is 107 Å². The summed E-state index contributed by atoms with van der Waals surface area (Å²) in [4.78, 5) is 10.1. The number of benzene rings is 1. The number of allylic oxidation sites excluding steroid dienone is 2. The van der Waals surface area contributed by atoms with E-state index in [1.807, 2.05) is 46.3 Å². The van der Waals surface area contributed by atoms with Crippen molar-refractivity contribution < 1.29 is 0 Å². The van der Waals surface area contributed by atoms with Crippen molar-refractivity contribution in [2.24, 2.45) is 4.99 Å². The smallest absolute Gasteiger partial charge is 0.349 e. The van der Waals surface area contributed by atoms with E-state index >= 15 is 0 Å². The van der Waals surface area contributed by atoms with E-state index in [0.29, 0.717) is 0 Å². The van der Waals surface area contributed by atoms with Gasteiger partial charge in [0.05, 0.1) is 5.70 Å². The summed E-state index contributed by atoms with van der Waals surface area (Å²) in [5, 5.41) is 0. The van der Waals surface area contributed by atoms with Crippen LogP contribution in [0.2, 0.25) is 0 Å². The molecule has 5 heterocycles. The van der Waals surface area contributed by atoms with E-state index < -0.39 is 0 Å². The summed E-state index contributed by atoms with van der Waals surface area (Å²) in [6.07, 6.45) is 6.11. The fourth-order valence-electron chi connectivity index (χ4n) is 5.71. The van der Waals surface area contributed by atoms with Crippen LogP contribution in [0.4, 0.5) is 0 Å². The Hall–Kier alpha value is -3.19. The number of rotatable bonds is 6. The Morgan fingerprint density at radius 2 is 1.33 bits per heavy atom. The minimum Gasteiger partial charge on any atom is -0.374 e. The lowest BCUT2D eigenvalue weighted by Gasteiger charge is -2.24. The molecule has 0 aliphatic carbocycles. The SMILES string of the molecule is Cc1cc(C)c(/C(=C2/C=CC=N2)c2ccc(-c3ccc(C)s3)n2B(c2ccc(C)s2)c2ccc(C)s2)c(C)c1. The van der Waals surface area contributed by atoms with Gasteiger partial charge in [-0.25, -0.2) is 0 Å². The molecule has 0 bridgehead atoms. The molecule has 4 aromatic heterocycles. The van der Waals surface area contributed by atoms with Crippen LogP contribution < -0.4 is 9.55 Å². The normalized spacial score (nSPS) is 14.0. The highest BCUT2D eigenvalue weighted by Gasteiger charge is 2.32. The number of aliphatic imine (C=N–C) groups is 1. The van der Waals surface area contributed by atoms with Crippen LogP contribution in [0.1, 0.15) is 42.6 Å². The molecule has 0 spiro atoms. The Kier molecular flexibility index (Phi) is 6.96. The number of hydrogen-bond donors (Lipinski definition) is 0. The van der Waals surface area contributed by atoms with Crippen LogP contribution in [0.3, 0.4) is 0 Å². The van der Waals surface area contributed by atoms with E-state index in [4.69, 9.17) is 4.99 Å². The van der Waals surface area contributed by atoms with Gasteiger partial charge in [-0.15, -0.1) is 11.3 Å². The summed E-state index contributed by atoms with van der Waals surface area (Å²) in [5.74, 6) is 0. The Labute approximate surface area is 243 Å². The molecule has 0 radical (unpaired) electrons. The van der Waals surface area contributed by atoms with E-state index in [1.165, 1.54) is 68.3 Å². The molecule has 1 aliphatic rings. The van der Waals surface area contributed by atoms with Crippen molar-refractivity contribution in [3.63, 3.8) is 0 Å². The molecule has 6 rings (SSSR count). The first-order chi connectivity index (χ1) is 18.8. The Morgan fingerprint density at radius 3 is 1.85 bits per heavy atom. The molecular weight excluding hydrogens is 531 g/mol. The van der Waals surface area contributed by atoms with Crippen molar-refractivity contribution in [2.75, 3.05) is 0 Å². The van der Waals surface area contributed by atoms with E-state index in [1.54, 1.807) is 0 Å². The predicted molar refractivity (Wildman–Crippen MR) is 175 cm³/mol. The van der Waals surface area contributed by atoms with E-state index in [2.05, 4.69) is 113 Å². The second-order valence-corrected chi connectivity index (χ2v) is 14.3. The van der Waals surface area contributed by atoms with Gasteiger partial charge in [0.15, 0.2) is 0 Å². The first-order valence-electron chi connectivity index (χ1n) is 13.2. The van der Waals surface area contributed by atoms with Crippen LogP contribution >= 0.6 is 34.0 Å². The van der Waals surface area contributed by atoms with E-state index in [9.17, 15) is 0 Å². The molecule has 1 aromatic carbocycles. The highest BCUT2D eigenvalue weighted by atomic mass is 32.1. The van der Waals surface area contributed by atoms with Gasteiger partial charge in [0.2, 0.25) is 0 Å². The lowest BCUT2D eigenvalue weighted by Crippen LogP contribution is -2.47. The molecule has 0 amide bonds. The van der Waals surface area contributed by atoms with Gasteiger partial charge in [0.1, 0.15) is 0 Å². The summed E-state index contributed by atoms with van der Waals surface area (Å²) in [6, 6.07) is 22.9. The maximum absolute atomic E-state index is 4.87. The molecule has 0 saturated heterocycles. The third kappa shape index (κ3) is 4.86. The fourth-order valence-corrected chi connectivity index (χ4v) is 8.65. The van der Waals surface area contributed by atoms with Crippen molar-refractivity contribution in [1.29, 1.82) is 0 Å². The maximum Gasteiger partial charge on any atom is 0.349 e. The first kappa shape index (κ1) is 26.1. The van der Waals surface area contributed by atoms with Gasteiger partial charge in [-0.2, -0.15) is 22.7 Å². The molecule has 2 nitrogen and oxygen atoms in total. The summed E-state index contributed by atoms with van der Waals surface area (Å²) >= 11 is 5.65. The predicted octanol–water partition coefficient (Wildman–Crippen LogP) is 8.24. The van der Waals surface area contributed by atoms with Crippen LogP contribution in [-0.4, -0.2) is 17.5 Å². The molecular formula is C33H31BN2S3. The van der Waals surface area contributed by atoms with Crippen molar-refractivity contribution >= 4 is 62.2 Å². The minimum atomic E-state index is 0.0702. The average Bonchev–Trinajstić information content (AvgIpc) is 3.70. The molecule has 0 fully saturated rings. The zero-order valence-corrected chi connectivity index (χ0v) is 25.7. The molecule has 0 N–H and O–H groups in total. The minimum absolute atomic E-state index is 0.0702. The van der Waals surface area contributed by atoms with Gasteiger partial charge in [0.25, 0.3) is 0 Å². The molecule has 6 heteroatoms. The second kappa shape index (κ2) is 10.4. The van der Waals surface area contributed by atoms with Crippen molar-refractivity contribution in [3.8, 4) is 10.6 Å². The van der Waals surface area contributed by atoms with E-state index in [0.717, 1.165) is 5.70 Å². The topological polar surface area (TPSA) is 17.3 Å². The molecule has 194 valence electrons. The van der Waals surface area contributed by atoms with E-state index in [-0.39, 0.29) is 6.85 Å². The summed E-state index contributed by atoms with van der Waals surface area (Å²) < 4.78 is 5.30. The van der Waals surface area contributed by atoms with Crippen molar-refractivity contribution in [3.05, 3.63) is 121 Å². The van der Waals surface area contributed by atoms with Crippen LogP contribution in [0.15, 0.2) is 83.5 Å². The molecule has 39 heavy (non-hydrogen) atoms. The number of aryl methyl sites for hydroxylation is 6. The largest absolute Gasteiger partial charge is 0.374 e. The van der Waals surface area contributed by atoms with Gasteiger partial charge in [-0.1, -0.05) is 29.8 Å². The number of aromatic nitrogens is 1. The molecule has 0 unspecified atom stereocenters. The highest BCUT2D eigenvalue weighted by Crippen LogP contribution is 2.39. The van der Waals surface area contributed by atoms with Crippen LogP contribution in [0, 0.1) is 41.5 Å². The van der Waals surface area contributed by atoms with Gasteiger partial charge >= 0.3 is 6.85 Å². The van der Waals surface area contributed by atoms with Gasteiger partial charge in [-0.3, -0.25) is 4.99 Å². The van der Waals surface area contributed by atoms with Crippen LogP contribution in [0.5, 0.6) is 0 Å². The lowest BCUT2D eigenvalue weighted by atomic mass is 9.58. The molecule has 0 saturated carbocycles. The zero-order chi connectivity index (χ0) is 27.3. The zero-order valence-electron chi connectivity index (χ0n) is 23.2. The monoisotopic (exact) mass is 562 g/mol. The summed E-state index contributed by atoms with van der Waals surface area (Å²) in [5.41, 5.74) is 9.78. The Morgan fingerprint density at radius 1 is 0.718 bits per heavy atom. The summed E-state index contributed by atoms with van der Waals surface area (Å²) in [6.45, 7) is 13.3. The first-order valence-corrected chi connectivity index (χ1v) is 15.7.